The summed E-state index contributed by atoms with van der Waals surface area (Å²) in [4.78, 5) is 26.2. The first-order valence-electron chi connectivity index (χ1n) is 12.0. The number of carboxylic acid groups (broad SMARTS) is 1. The number of ether oxygens (including phenoxy) is 3. The number of hydrogen-bond donors (Lipinski definition) is 2. The smallest absolute Gasteiger partial charge is 0.303 e. The van der Waals surface area contributed by atoms with Crippen LogP contribution >= 0.6 is 0 Å². The molecule has 1 aliphatic carbocycles. The average molecular weight is 475 g/mol. The van der Waals surface area contributed by atoms with Crippen molar-refractivity contribution in [3.05, 3.63) is 12.7 Å². The lowest BCUT2D eigenvalue weighted by Gasteiger charge is -2.46. The van der Waals surface area contributed by atoms with Gasteiger partial charge in [-0.05, 0) is 52.9 Å². The van der Waals surface area contributed by atoms with Crippen molar-refractivity contribution in [3.8, 4) is 0 Å². The van der Waals surface area contributed by atoms with Crippen LogP contribution in [-0.4, -0.2) is 78.2 Å². The van der Waals surface area contributed by atoms with Crippen LogP contribution in [0.5, 0.6) is 0 Å². The van der Waals surface area contributed by atoms with E-state index in [0.29, 0.717) is 41.5 Å². The number of hydrogen-bond acceptors (Lipinski definition) is 9. The maximum Gasteiger partial charge on any atom is 0.303 e. The Morgan fingerprint density at radius 2 is 2.00 bits per heavy atom. The summed E-state index contributed by atoms with van der Waals surface area (Å²) in [5.74, 6) is -0.645. The summed E-state index contributed by atoms with van der Waals surface area (Å²) >= 11 is 0. The third-order valence-corrected chi connectivity index (χ3v) is 7.29. The van der Waals surface area contributed by atoms with Crippen molar-refractivity contribution in [1.29, 1.82) is 0 Å². The Bertz CT molecular complexity index is 1050. The molecule has 11 nitrogen and oxygen atoms in total. The Kier molecular flexibility index (Phi) is 5.99. The molecule has 0 spiro atoms. The molecule has 2 aromatic rings. The summed E-state index contributed by atoms with van der Waals surface area (Å²) in [5.41, 5.74) is 7.13. The number of anilines is 1. The van der Waals surface area contributed by atoms with Crippen LogP contribution in [0.1, 0.15) is 59.6 Å². The van der Waals surface area contributed by atoms with Crippen LogP contribution < -0.4 is 5.73 Å². The Hall–Kier alpha value is -2.34. The van der Waals surface area contributed by atoms with Crippen molar-refractivity contribution in [2.24, 2.45) is 5.92 Å². The molecule has 5 rings (SSSR count). The highest BCUT2D eigenvalue weighted by Crippen LogP contribution is 2.45. The summed E-state index contributed by atoms with van der Waals surface area (Å²) in [6, 6.07) is 0.736. The minimum Gasteiger partial charge on any atom is -0.481 e. The number of nitrogens with zero attached hydrogens (tertiary/aromatic N) is 5. The highest BCUT2D eigenvalue weighted by atomic mass is 16.8. The molecule has 0 radical (unpaired) electrons. The zero-order valence-corrected chi connectivity index (χ0v) is 20.1. The average Bonchev–Trinajstić information content (AvgIpc) is 3.37. The SMILES string of the molecule is CC(C)N(CC1OC(n2cnc3c(N)ncnc32)C2OC(C)(C)OC12)C1CC(CCC(=O)O)C1. The van der Waals surface area contributed by atoms with E-state index < -0.39 is 18.0 Å². The molecule has 4 unspecified atom stereocenters. The Morgan fingerprint density at radius 1 is 1.26 bits per heavy atom. The number of nitrogens with two attached hydrogens (primary N) is 1. The van der Waals surface area contributed by atoms with Gasteiger partial charge in [-0.25, -0.2) is 15.0 Å². The first-order valence-corrected chi connectivity index (χ1v) is 12.0. The number of aliphatic carboxylic acids is 1. The number of fused-ring (bicyclic) bond motifs is 2. The molecule has 4 heterocycles. The number of aromatic nitrogens is 4. The number of carboxylic acids is 1. The molecular weight excluding hydrogens is 440 g/mol. The normalized spacial score (nSPS) is 32.4. The highest BCUT2D eigenvalue weighted by molar-refractivity contribution is 5.81. The van der Waals surface area contributed by atoms with E-state index in [0.717, 1.165) is 19.3 Å². The lowest BCUT2D eigenvalue weighted by molar-refractivity contribution is -0.199. The second-order valence-corrected chi connectivity index (χ2v) is 10.4. The van der Waals surface area contributed by atoms with Gasteiger partial charge in [0, 0.05) is 25.0 Å². The quantitative estimate of drug-likeness (QED) is 0.585. The van der Waals surface area contributed by atoms with E-state index in [1.54, 1.807) is 6.33 Å². The largest absolute Gasteiger partial charge is 0.481 e. The fraction of sp³-hybridized carbons (Fsp3) is 0.739. The molecule has 2 saturated heterocycles. The number of imidazole rings is 1. The summed E-state index contributed by atoms with van der Waals surface area (Å²) in [6.07, 6.45) is 4.91. The lowest BCUT2D eigenvalue weighted by atomic mass is 9.76. The van der Waals surface area contributed by atoms with E-state index in [-0.39, 0.29) is 24.7 Å². The maximum absolute atomic E-state index is 10.9. The van der Waals surface area contributed by atoms with Gasteiger partial charge in [0.05, 0.1) is 6.33 Å². The van der Waals surface area contributed by atoms with E-state index in [1.165, 1.54) is 6.33 Å². The maximum atomic E-state index is 10.9. The summed E-state index contributed by atoms with van der Waals surface area (Å²) in [6.45, 7) is 8.92. The monoisotopic (exact) mass is 474 g/mol. The van der Waals surface area contributed by atoms with Crippen LogP contribution in [0, 0.1) is 5.92 Å². The van der Waals surface area contributed by atoms with Gasteiger partial charge in [-0.1, -0.05) is 0 Å². The van der Waals surface area contributed by atoms with Crippen molar-refractivity contribution in [2.45, 2.75) is 95.8 Å². The van der Waals surface area contributed by atoms with Gasteiger partial charge in [0.25, 0.3) is 0 Å². The van der Waals surface area contributed by atoms with Crippen LogP contribution in [0.4, 0.5) is 5.82 Å². The van der Waals surface area contributed by atoms with Crippen LogP contribution in [0.3, 0.4) is 0 Å². The first-order chi connectivity index (χ1) is 16.1. The van der Waals surface area contributed by atoms with E-state index >= 15 is 0 Å². The standard InChI is InChI=1S/C23H34N6O5/c1-12(2)28(14-7-13(8-14)5-6-16(30)31)9-15-18-19(34-23(3,4)33-18)22(32-15)29-11-27-17-20(24)25-10-26-21(17)29/h10-15,18-19,22H,5-9H2,1-4H3,(H,30,31)(H2,24,25,26). The molecule has 2 aromatic heterocycles. The molecule has 2 aliphatic heterocycles. The van der Waals surface area contributed by atoms with E-state index in [2.05, 4.69) is 33.7 Å². The Labute approximate surface area is 198 Å². The number of rotatable bonds is 8. The zero-order chi connectivity index (χ0) is 24.2. The van der Waals surface area contributed by atoms with E-state index in [1.807, 2.05) is 18.4 Å². The Morgan fingerprint density at radius 3 is 2.71 bits per heavy atom. The van der Waals surface area contributed by atoms with E-state index in [9.17, 15) is 4.79 Å². The van der Waals surface area contributed by atoms with Gasteiger partial charge in [-0.2, -0.15) is 0 Å². The van der Waals surface area contributed by atoms with Gasteiger partial charge in [0.15, 0.2) is 23.5 Å². The second kappa shape index (κ2) is 8.71. The van der Waals surface area contributed by atoms with Gasteiger partial charge in [0.2, 0.25) is 0 Å². The van der Waals surface area contributed by atoms with Crippen molar-refractivity contribution in [3.63, 3.8) is 0 Å². The zero-order valence-electron chi connectivity index (χ0n) is 20.1. The number of carbonyl (C=O) groups is 1. The molecule has 34 heavy (non-hydrogen) atoms. The first kappa shape index (κ1) is 23.4. The number of nitrogen functional groups attached to an aromatic ring is 1. The molecule has 0 amide bonds. The third-order valence-electron chi connectivity index (χ3n) is 7.29. The summed E-state index contributed by atoms with van der Waals surface area (Å²) < 4.78 is 21.0. The van der Waals surface area contributed by atoms with Crippen molar-refractivity contribution >= 4 is 23.0 Å². The molecule has 186 valence electrons. The van der Waals surface area contributed by atoms with Gasteiger partial charge >= 0.3 is 5.97 Å². The molecule has 3 aliphatic rings. The molecule has 1 saturated carbocycles. The van der Waals surface area contributed by atoms with Gasteiger partial charge < -0.3 is 25.1 Å². The fourth-order valence-electron chi connectivity index (χ4n) is 5.61. The van der Waals surface area contributed by atoms with Gasteiger partial charge in [-0.15, -0.1) is 0 Å². The fourth-order valence-corrected chi connectivity index (χ4v) is 5.61. The van der Waals surface area contributed by atoms with Crippen molar-refractivity contribution in [1.82, 2.24) is 24.4 Å². The van der Waals surface area contributed by atoms with Gasteiger partial charge in [-0.3, -0.25) is 14.3 Å². The van der Waals surface area contributed by atoms with Crippen molar-refractivity contribution < 1.29 is 24.1 Å². The molecule has 4 atom stereocenters. The molecule has 0 bridgehead atoms. The minimum atomic E-state index is -0.722. The third kappa shape index (κ3) is 4.26. The second-order valence-electron chi connectivity index (χ2n) is 10.4. The molecule has 0 aromatic carbocycles. The van der Waals surface area contributed by atoms with Crippen LogP contribution in [-0.2, 0) is 19.0 Å². The topological polar surface area (TPSA) is 138 Å². The lowest BCUT2D eigenvalue weighted by Crippen LogP contribution is -2.52. The summed E-state index contributed by atoms with van der Waals surface area (Å²) in [5, 5.41) is 8.97. The summed E-state index contributed by atoms with van der Waals surface area (Å²) in [7, 11) is 0. The van der Waals surface area contributed by atoms with Gasteiger partial charge in [0.1, 0.15) is 30.2 Å². The van der Waals surface area contributed by atoms with Crippen molar-refractivity contribution in [2.75, 3.05) is 12.3 Å². The van der Waals surface area contributed by atoms with Crippen LogP contribution in [0.25, 0.3) is 11.2 Å². The van der Waals surface area contributed by atoms with E-state index in [4.69, 9.17) is 25.1 Å². The predicted octanol–water partition coefficient (Wildman–Crippen LogP) is 2.18. The van der Waals surface area contributed by atoms with Crippen LogP contribution in [0.15, 0.2) is 12.7 Å². The molecule has 3 fully saturated rings. The minimum absolute atomic E-state index is 0.200. The molecule has 3 N–H and O–H groups in total. The predicted molar refractivity (Wildman–Crippen MR) is 123 cm³/mol. The Balaban J connectivity index is 1.34. The molecule has 11 heteroatoms. The van der Waals surface area contributed by atoms with Crippen LogP contribution in [0.2, 0.25) is 0 Å². The highest BCUT2D eigenvalue weighted by Gasteiger charge is 2.56. The molecular formula is C23H34N6O5.